The second-order valence-corrected chi connectivity index (χ2v) is 4.56. The van der Waals surface area contributed by atoms with Crippen LogP contribution in [0, 0.1) is 5.92 Å². The highest BCUT2D eigenvalue weighted by molar-refractivity contribution is 4.86. The zero-order chi connectivity index (χ0) is 9.68. The van der Waals surface area contributed by atoms with E-state index in [-0.39, 0.29) is 0 Å². The minimum absolute atomic E-state index is 0.727. The third-order valence-electron chi connectivity index (χ3n) is 3.12. The molecule has 0 bridgehead atoms. The highest BCUT2D eigenvalue weighted by Gasteiger charge is 2.30. The Morgan fingerprint density at radius 1 is 1.31 bits per heavy atom. The summed E-state index contributed by atoms with van der Waals surface area (Å²) in [7, 11) is 0. The average Bonchev–Trinajstić information content (AvgIpc) is 2.94. The topological polar surface area (TPSA) is 12.0 Å². The van der Waals surface area contributed by atoms with Gasteiger partial charge in [0.15, 0.2) is 0 Å². The van der Waals surface area contributed by atoms with Crippen LogP contribution in [0.5, 0.6) is 0 Å². The molecule has 2 unspecified atom stereocenters. The lowest BCUT2D eigenvalue weighted by Crippen LogP contribution is -2.37. The Morgan fingerprint density at radius 2 is 2.00 bits per heavy atom. The summed E-state index contributed by atoms with van der Waals surface area (Å²) in [5.41, 5.74) is 0. The van der Waals surface area contributed by atoms with E-state index in [9.17, 15) is 0 Å². The van der Waals surface area contributed by atoms with Crippen LogP contribution in [0.1, 0.15) is 59.3 Å². The van der Waals surface area contributed by atoms with Crippen LogP contribution in [0.4, 0.5) is 0 Å². The lowest BCUT2D eigenvalue weighted by atomic mass is 10.1. The molecule has 1 heteroatoms. The number of unbranched alkanes of at least 4 members (excludes halogenated alkanes) is 1. The summed E-state index contributed by atoms with van der Waals surface area (Å²) in [6, 6.07) is 1.54. The molecule has 0 amide bonds. The van der Waals surface area contributed by atoms with Crippen molar-refractivity contribution in [2.24, 2.45) is 5.92 Å². The van der Waals surface area contributed by atoms with Crippen molar-refractivity contribution < 1.29 is 0 Å². The Labute approximate surface area is 83.3 Å². The maximum Gasteiger partial charge on any atom is 0.00951 e. The molecule has 0 heterocycles. The monoisotopic (exact) mass is 183 g/mol. The van der Waals surface area contributed by atoms with Crippen molar-refractivity contribution in [3.05, 3.63) is 0 Å². The maximum atomic E-state index is 3.76. The fraction of sp³-hybridized carbons (Fsp3) is 1.00. The van der Waals surface area contributed by atoms with Crippen molar-refractivity contribution >= 4 is 0 Å². The lowest BCUT2D eigenvalue weighted by molar-refractivity contribution is 0.380. The van der Waals surface area contributed by atoms with Gasteiger partial charge in [0.05, 0.1) is 0 Å². The van der Waals surface area contributed by atoms with Crippen LogP contribution in [-0.2, 0) is 0 Å². The summed E-state index contributed by atoms with van der Waals surface area (Å²) in [4.78, 5) is 0. The van der Waals surface area contributed by atoms with Gasteiger partial charge in [-0.15, -0.1) is 0 Å². The first-order valence-electron chi connectivity index (χ1n) is 6.04. The predicted molar refractivity (Wildman–Crippen MR) is 58.9 cm³/mol. The van der Waals surface area contributed by atoms with E-state index in [2.05, 4.69) is 26.1 Å². The van der Waals surface area contributed by atoms with Gasteiger partial charge in [-0.1, -0.05) is 26.7 Å². The number of hydrogen-bond donors (Lipinski definition) is 1. The van der Waals surface area contributed by atoms with E-state index >= 15 is 0 Å². The molecule has 1 fully saturated rings. The van der Waals surface area contributed by atoms with Crippen molar-refractivity contribution in [1.29, 1.82) is 0 Å². The van der Waals surface area contributed by atoms with Gasteiger partial charge in [0.1, 0.15) is 0 Å². The van der Waals surface area contributed by atoms with Gasteiger partial charge in [-0.05, 0) is 38.5 Å². The molecule has 0 saturated heterocycles. The summed E-state index contributed by atoms with van der Waals surface area (Å²) in [6.07, 6.45) is 8.28. The zero-order valence-corrected chi connectivity index (χ0v) is 9.47. The molecule has 1 N–H and O–H groups in total. The molecule has 0 aromatic heterocycles. The van der Waals surface area contributed by atoms with Gasteiger partial charge < -0.3 is 5.32 Å². The molecule has 0 aromatic carbocycles. The zero-order valence-electron chi connectivity index (χ0n) is 9.47. The number of hydrogen-bond acceptors (Lipinski definition) is 1. The molecule has 13 heavy (non-hydrogen) atoms. The molecule has 0 spiro atoms. The third-order valence-corrected chi connectivity index (χ3v) is 3.12. The maximum absolute atomic E-state index is 3.76. The first-order chi connectivity index (χ1) is 6.27. The molecule has 0 aliphatic heterocycles. The SMILES string of the molecule is CCCCC(C)NC(CC)C1CC1. The van der Waals surface area contributed by atoms with Crippen molar-refractivity contribution in [3.63, 3.8) is 0 Å². The van der Waals surface area contributed by atoms with Crippen molar-refractivity contribution in [1.82, 2.24) is 5.32 Å². The molecule has 78 valence electrons. The third kappa shape index (κ3) is 4.12. The van der Waals surface area contributed by atoms with Crippen LogP contribution in [0.15, 0.2) is 0 Å². The Morgan fingerprint density at radius 3 is 2.46 bits per heavy atom. The first kappa shape index (κ1) is 11.0. The average molecular weight is 183 g/mol. The van der Waals surface area contributed by atoms with Gasteiger partial charge in [-0.2, -0.15) is 0 Å². The van der Waals surface area contributed by atoms with E-state index in [1.807, 2.05) is 0 Å². The molecule has 1 nitrogen and oxygen atoms in total. The van der Waals surface area contributed by atoms with E-state index in [0.717, 1.165) is 18.0 Å². The van der Waals surface area contributed by atoms with Crippen LogP contribution in [0.3, 0.4) is 0 Å². The van der Waals surface area contributed by atoms with Crippen LogP contribution in [0.2, 0.25) is 0 Å². The second-order valence-electron chi connectivity index (χ2n) is 4.56. The van der Waals surface area contributed by atoms with Crippen LogP contribution >= 0.6 is 0 Å². The van der Waals surface area contributed by atoms with Gasteiger partial charge in [0, 0.05) is 12.1 Å². The van der Waals surface area contributed by atoms with Gasteiger partial charge >= 0.3 is 0 Å². The standard InChI is InChI=1S/C12H25N/c1-4-6-7-10(3)13-12(5-2)11-8-9-11/h10-13H,4-9H2,1-3H3. The number of nitrogens with one attached hydrogen (secondary N) is 1. The van der Waals surface area contributed by atoms with Gasteiger partial charge in [0.2, 0.25) is 0 Å². The summed E-state index contributed by atoms with van der Waals surface area (Å²) >= 11 is 0. The molecule has 1 aliphatic carbocycles. The van der Waals surface area contributed by atoms with Gasteiger partial charge in [-0.25, -0.2) is 0 Å². The molecule has 1 saturated carbocycles. The van der Waals surface area contributed by atoms with E-state index in [4.69, 9.17) is 0 Å². The molecular formula is C12H25N. The molecule has 1 aliphatic rings. The van der Waals surface area contributed by atoms with Crippen molar-refractivity contribution in [2.45, 2.75) is 71.4 Å². The van der Waals surface area contributed by atoms with Gasteiger partial charge in [0.25, 0.3) is 0 Å². The van der Waals surface area contributed by atoms with E-state index < -0.39 is 0 Å². The van der Waals surface area contributed by atoms with E-state index in [1.54, 1.807) is 0 Å². The minimum atomic E-state index is 0.727. The molecule has 1 rings (SSSR count). The molecule has 2 atom stereocenters. The summed E-state index contributed by atoms with van der Waals surface area (Å²) < 4.78 is 0. The smallest absolute Gasteiger partial charge is 0.00951 e. The fourth-order valence-corrected chi connectivity index (χ4v) is 2.04. The van der Waals surface area contributed by atoms with E-state index in [0.29, 0.717) is 0 Å². The normalized spacial score (nSPS) is 21.5. The van der Waals surface area contributed by atoms with E-state index in [1.165, 1.54) is 38.5 Å². The lowest BCUT2D eigenvalue weighted by Gasteiger charge is -2.21. The minimum Gasteiger partial charge on any atom is -0.311 e. The Bertz CT molecular complexity index is 129. The van der Waals surface area contributed by atoms with Crippen LogP contribution in [0.25, 0.3) is 0 Å². The number of rotatable bonds is 7. The van der Waals surface area contributed by atoms with Crippen molar-refractivity contribution in [3.8, 4) is 0 Å². The largest absolute Gasteiger partial charge is 0.311 e. The van der Waals surface area contributed by atoms with Gasteiger partial charge in [-0.3, -0.25) is 0 Å². The highest BCUT2D eigenvalue weighted by atomic mass is 15.0. The fourth-order valence-electron chi connectivity index (χ4n) is 2.04. The summed E-state index contributed by atoms with van der Waals surface area (Å²) in [5.74, 6) is 1.01. The summed E-state index contributed by atoms with van der Waals surface area (Å²) in [5, 5.41) is 3.76. The Balaban J connectivity index is 2.12. The molecular weight excluding hydrogens is 158 g/mol. The van der Waals surface area contributed by atoms with Crippen LogP contribution in [-0.4, -0.2) is 12.1 Å². The quantitative estimate of drug-likeness (QED) is 0.638. The Kier molecular flexibility index (Phi) is 4.79. The first-order valence-corrected chi connectivity index (χ1v) is 6.04. The molecule has 0 aromatic rings. The molecule has 0 radical (unpaired) electrons. The predicted octanol–water partition coefficient (Wildman–Crippen LogP) is 3.34. The summed E-state index contributed by atoms with van der Waals surface area (Å²) in [6.45, 7) is 6.91. The van der Waals surface area contributed by atoms with Crippen LogP contribution < -0.4 is 5.32 Å². The second kappa shape index (κ2) is 5.64. The Hall–Kier alpha value is -0.0400. The highest BCUT2D eigenvalue weighted by Crippen LogP contribution is 2.34. The van der Waals surface area contributed by atoms with Crippen molar-refractivity contribution in [2.75, 3.05) is 0 Å².